The maximum Gasteiger partial charge on any atom is 0.133 e. The van der Waals surface area contributed by atoms with Gasteiger partial charge in [0, 0.05) is 29.3 Å². The Morgan fingerprint density at radius 2 is 2.30 bits per heavy atom. The van der Waals surface area contributed by atoms with Gasteiger partial charge >= 0.3 is 0 Å². The molecule has 2 heterocycles. The SMILES string of the molecule is CCCNCc1cc(Br)cnc1N1CCOCC1(C)C. The van der Waals surface area contributed by atoms with E-state index in [4.69, 9.17) is 4.74 Å². The molecule has 0 spiro atoms. The van der Waals surface area contributed by atoms with E-state index in [9.17, 15) is 0 Å². The zero-order valence-corrected chi connectivity index (χ0v) is 14.2. The number of halogens is 1. The molecule has 0 radical (unpaired) electrons. The smallest absolute Gasteiger partial charge is 0.133 e. The van der Waals surface area contributed by atoms with Crippen molar-refractivity contribution in [3.63, 3.8) is 0 Å². The van der Waals surface area contributed by atoms with Crippen LogP contribution in [-0.2, 0) is 11.3 Å². The molecule has 112 valence electrons. The molecule has 1 aliphatic rings. The molecule has 4 nitrogen and oxygen atoms in total. The minimum absolute atomic E-state index is 0.0153. The van der Waals surface area contributed by atoms with Crippen molar-refractivity contribution in [2.75, 3.05) is 31.2 Å². The van der Waals surface area contributed by atoms with E-state index in [0.29, 0.717) is 0 Å². The second-order valence-corrected chi connectivity index (χ2v) is 6.75. The minimum Gasteiger partial charge on any atom is -0.377 e. The summed E-state index contributed by atoms with van der Waals surface area (Å²) in [6, 6.07) is 2.16. The Bertz CT molecular complexity index is 451. The number of hydrogen-bond acceptors (Lipinski definition) is 4. The molecule has 0 aromatic carbocycles. The first-order valence-corrected chi connectivity index (χ1v) is 8.04. The van der Waals surface area contributed by atoms with Crippen LogP contribution in [0.25, 0.3) is 0 Å². The van der Waals surface area contributed by atoms with Gasteiger partial charge in [-0.1, -0.05) is 6.92 Å². The number of pyridine rings is 1. The van der Waals surface area contributed by atoms with E-state index in [1.54, 1.807) is 0 Å². The van der Waals surface area contributed by atoms with E-state index in [1.165, 1.54) is 5.56 Å². The molecule has 0 aliphatic carbocycles. The Morgan fingerprint density at radius 1 is 1.50 bits per heavy atom. The van der Waals surface area contributed by atoms with Gasteiger partial charge in [-0.3, -0.25) is 0 Å². The fraction of sp³-hybridized carbons (Fsp3) is 0.667. The van der Waals surface area contributed by atoms with Crippen molar-refractivity contribution < 1.29 is 4.74 Å². The summed E-state index contributed by atoms with van der Waals surface area (Å²) in [7, 11) is 0. The lowest BCUT2D eigenvalue weighted by molar-refractivity contribution is 0.0638. The number of nitrogens with one attached hydrogen (secondary N) is 1. The van der Waals surface area contributed by atoms with E-state index in [-0.39, 0.29) is 5.54 Å². The van der Waals surface area contributed by atoms with Crippen LogP contribution in [-0.4, -0.2) is 36.8 Å². The van der Waals surface area contributed by atoms with Crippen LogP contribution >= 0.6 is 15.9 Å². The zero-order valence-electron chi connectivity index (χ0n) is 12.6. The molecule has 0 bridgehead atoms. The molecule has 1 aromatic rings. The summed E-state index contributed by atoms with van der Waals surface area (Å²) >= 11 is 3.52. The molecular weight excluding hydrogens is 318 g/mol. The normalized spacial score (nSPS) is 18.3. The Hall–Kier alpha value is -0.650. The number of hydrogen-bond donors (Lipinski definition) is 1. The van der Waals surface area contributed by atoms with Crippen LogP contribution in [0.3, 0.4) is 0 Å². The zero-order chi connectivity index (χ0) is 14.6. The molecule has 0 atom stereocenters. The molecule has 5 heteroatoms. The van der Waals surface area contributed by atoms with Gasteiger partial charge in [-0.05, 0) is 48.8 Å². The second-order valence-electron chi connectivity index (χ2n) is 5.83. The standard InChI is InChI=1S/C15H24BrN3O/c1-4-5-17-9-12-8-13(16)10-18-14(12)19-6-7-20-11-15(19,2)3/h8,10,17H,4-7,9,11H2,1-3H3. The summed E-state index contributed by atoms with van der Waals surface area (Å²) in [4.78, 5) is 7.03. The van der Waals surface area contributed by atoms with Crippen molar-refractivity contribution in [3.8, 4) is 0 Å². The Morgan fingerprint density at radius 3 is 3.00 bits per heavy atom. The predicted molar refractivity (Wildman–Crippen MR) is 86.2 cm³/mol. The Balaban J connectivity index is 2.25. The van der Waals surface area contributed by atoms with E-state index >= 15 is 0 Å². The second kappa shape index (κ2) is 6.87. The number of nitrogens with zero attached hydrogens (tertiary/aromatic N) is 2. The third-order valence-electron chi connectivity index (χ3n) is 3.55. The molecule has 2 rings (SSSR count). The van der Waals surface area contributed by atoms with E-state index in [2.05, 4.69) is 58.0 Å². The molecule has 1 saturated heterocycles. The van der Waals surface area contributed by atoms with Gasteiger partial charge in [-0.2, -0.15) is 0 Å². The topological polar surface area (TPSA) is 37.4 Å². The van der Waals surface area contributed by atoms with Crippen molar-refractivity contribution in [1.29, 1.82) is 0 Å². The molecule has 1 aliphatic heterocycles. The first kappa shape index (κ1) is 15.7. The van der Waals surface area contributed by atoms with Crippen LogP contribution in [0.2, 0.25) is 0 Å². The Labute approximate surface area is 130 Å². The lowest BCUT2D eigenvalue weighted by Gasteiger charge is -2.43. The summed E-state index contributed by atoms with van der Waals surface area (Å²) in [6.07, 6.45) is 3.02. The first-order chi connectivity index (χ1) is 9.54. The summed E-state index contributed by atoms with van der Waals surface area (Å²) in [5.74, 6) is 1.07. The van der Waals surface area contributed by atoms with Gasteiger partial charge in [0.25, 0.3) is 0 Å². The van der Waals surface area contributed by atoms with Gasteiger partial charge in [0.05, 0.1) is 18.8 Å². The van der Waals surface area contributed by atoms with Crippen LogP contribution in [0.5, 0.6) is 0 Å². The number of ether oxygens (including phenoxy) is 1. The predicted octanol–water partition coefficient (Wildman–Crippen LogP) is 2.96. The average Bonchev–Trinajstić information content (AvgIpc) is 2.40. The Kier molecular flexibility index (Phi) is 5.41. The van der Waals surface area contributed by atoms with Crippen LogP contribution in [0.1, 0.15) is 32.8 Å². The quantitative estimate of drug-likeness (QED) is 0.835. The minimum atomic E-state index is -0.0153. The van der Waals surface area contributed by atoms with Crippen molar-refractivity contribution in [1.82, 2.24) is 10.3 Å². The summed E-state index contributed by atoms with van der Waals surface area (Å²) in [6.45, 7) is 10.9. The molecule has 1 aromatic heterocycles. The number of rotatable bonds is 5. The van der Waals surface area contributed by atoms with Crippen LogP contribution < -0.4 is 10.2 Å². The van der Waals surface area contributed by atoms with Crippen molar-refractivity contribution >= 4 is 21.7 Å². The fourth-order valence-corrected chi connectivity index (χ4v) is 2.88. The number of anilines is 1. The third kappa shape index (κ3) is 3.71. The van der Waals surface area contributed by atoms with Gasteiger partial charge in [0.1, 0.15) is 5.82 Å². The highest BCUT2D eigenvalue weighted by Crippen LogP contribution is 2.29. The molecule has 0 amide bonds. The average molecular weight is 342 g/mol. The number of morpholine rings is 1. The van der Waals surface area contributed by atoms with Gasteiger partial charge in [-0.25, -0.2) is 4.98 Å². The number of aromatic nitrogens is 1. The van der Waals surface area contributed by atoms with Crippen molar-refractivity contribution in [2.24, 2.45) is 0 Å². The molecule has 0 saturated carbocycles. The van der Waals surface area contributed by atoms with E-state index in [1.807, 2.05) is 6.20 Å². The van der Waals surface area contributed by atoms with E-state index < -0.39 is 0 Å². The highest BCUT2D eigenvalue weighted by atomic mass is 79.9. The highest BCUT2D eigenvalue weighted by molar-refractivity contribution is 9.10. The van der Waals surface area contributed by atoms with Gasteiger partial charge < -0.3 is 15.0 Å². The third-order valence-corrected chi connectivity index (χ3v) is 3.99. The van der Waals surface area contributed by atoms with Crippen molar-refractivity contribution in [3.05, 3.63) is 22.3 Å². The van der Waals surface area contributed by atoms with Crippen molar-refractivity contribution in [2.45, 2.75) is 39.3 Å². The first-order valence-electron chi connectivity index (χ1n) is 7.25. The van der Waals surface area contributed by atoms with Gasteiger partial charge in [-0.15, -0.1) is 0 Å². The highest BCUT2D eigenvalue weighted by Gasteiger charge is 2.32. The van der Waals surface area contributed by atoms with Crippen LogP contribution in [0, 0.1) is 0 Å². The van der Waals surface area contributed by atoms with Crippen LogP contribution in [0.4, 0.5) is 5.82 Å². The molecule has 0 unspecified atom stereocenters. The van der Waals surface area contributed by atoms with Crippen LogP contribution in [0.15, 0.2) is 16.7 Å². The molecular formula is C15H24BrN3O. The maximum atomic E-state index is 5.60. The molecule has 1 N–H and O–H groups in total. The monoisotopic (exact) mass is 341 g/mol. The largest absolute Gasteiger partial charge is 0.377 e. The molecule has 1 fully saturated rings. The van der Waals surface area contributed by atoms with E-state index in [0.717, 1.165) is 49.6 Å². The maximum absolute atomic E-state index is 5.60. The molecule has 20 heavy (non-hydrogen) atoms. The summed E-state index contributed by atoms with van der Waals surface area (Å²) < 4.78 is 6.63. The lowest BCUT2D eigenvalue weighted by Crippen LogP contribution is -2.54. The van der Waals surface area contributed by atoms with Gasteiger partial charge in [0.2, 0.25) is 0 Å². The van der Waals surface area contributed by atoms with Gasteiger partial charge in [0.15, 0.2) is 0 Å². The fourth-order valence-electron chi connectivity index (χ4n) is 2.50. The summed E-state index contributed by atoms with van der Waals surface area (Å²) in [5.41, 5.74) is 1.22. The lowest BCUT2D eigenvalue weighted by atomic mass is 10.0. The summed E-state index contributed by atoms with van der Waals surface area (Å²) in [5, 5.41) is 3.47.